The molecule has 0 N–H and O–H groups in total. The minimum atomic E-state index is -0.724. The van der Waals surface area contributed by atoms with E-state index in [-0.39, 0.29) is 12.6 Å². The molecule has 1 heterocycles. The van der Waals surface area contributed by atoms with E-state index < -0.39 is 23.7 Å². The van der Waals surface area contributed by atoms with Crippen molar-refractivity contribution >= 4 is 12.1 Å². The predicted molar refractivity (Wildman–Crippen MR) is 67.1 cm³/mol. The fourth-order valence-electron chi connectivity index (χ4n) is 1.86. The van der Waals surface area contributed by atoms with Crippen molar-refractivity contribution in [2.24, 2.45) is 0 Å². The number of hydrogen-bond acceptors (Lipinski definition) is 5. The molecule has 0 unspecified atom stereocenters. The SMILES string of the molecule is C#CO[C@@H]1C[C@@H](C(=O)OC)N(C(=O)OC(C)(C)C)C1. The van der Waals surface area contributed by atoms with Gasteiger partial charge in [0.2, 0.25) is 0 Å². The number of carbonyl (C=O) groups excluding carboxylic acids is 2. The van der Waals surface area contributed by atoms with Gasteiger partial charge in [0.1, 0.15) is 23.9 Å². The summed E-state index contributed by atoms with van der Waals surface area (Å²) in [6.07, 6.45) is 6.46. The van der Waals surface area contributed by atoms with E-state index in [0.717, 1.165) is 0 Å². The molecule has 0 saturated carbocycles. The Morgan fingerprint density at radius 3 is 2.47 bits per heavy atom. The molecule has 0 aromatic carbocycles. The maximum atomic E-state index is 12.0. The number of hydrogen-bond donors (Lipinski definition) is 0. The normalized spacial score (nSPS) is 22.6. The lowest BCUT2D eigenvalue weighted by molar-refractivity contribution is -0.145. The molecule has 0 spiro atoms. The Morgan fingerprint density at radius 1 is 1.37 bits per heavy atom. The van der Waals surface area contributed by atoms with Crippen LogP contribution in [0.1, 0.15) is 27.2 Å². The highest BCUT2D eigenvalue weighted by atomic mass is 16.6. The number of rotatable bonds is 2. The first-order chi connectivity index (χ1) is 8.78. The highest BCUT2D eigenvalue weighted by Crippen LogP contribution is 2.23. The van der Waals surface area contributed by atoms with Crippen LogP contribution in [0.4, 0.5) is 4.79 Å². The maximum Gasteiger partial charge on any atom is 0.411 e. The van der Waals surface area contributed by atoms with Crippen LogP contribution in [0.5, 0.6) is 0 Å². The van der Waals surface area contributed by atoms with Crippen LogP contribution in [-0.2, 0) is 19.0 Å². The van der Waals surface area contributed by atoms with Crippen molar-refractivity contribution in [1.29, 1.82) is 0 Å². The Labute approximate surface area is 113 Å². The summed E-state index contributed by atoms with van der Waals surface area (Å²) in [6.45, 7) is 5.47. The monoisotopic (exact) mass is 269 g/mol. The fraction of sp³-hybridized carbons (Fsp3) is 0.692. The molecule has 19 heavy (non-hydrogen) atoms. The maximum absolute atomic E-state index is 12.0. The van der Waals surface area contributed by atoms with Crippen LogP contribution in [0.15, 0.2) is 0 Å². The van der Waals surface area contributed by atoms with Crippen molar-refractivity contribution in [3.8, 4) is 12.5 Å². The van der Waals surface area contributed by atoms with E-state index in [9.17, 15) is 9.59 Å². The van der Waals surface area contributed by atoms with E-state index in [1.54, 1.807) is 20.8 Å². The molecule has 0 aliphatic carbocycles. The van der Waals surface area contributed by atoms with Crippen molar-refractivity contribution in [2.75, 3.05) is 13.7 Å². The van der Waals surface area contributed by atoms with E-state index in [0.29, 0.717) is 6.42 Å². The van der Waals surface area contributed by atoms with Crippen molar-refractivity contribution in [3.63, 3.8) is 0 Å². The first kappa shape index (κ1) is 15.2. The number of esters is 1. The summed E-state index contributed by atoms with van der Waals surface area (Å²) >= 11 is 0. The summed E-state index contributed by atoms with van der Waals surface area (Å²) in [6, 6.07) is -0.724. The van der Waals surface area contributed by atoms with Crippen molar-refractivity contribution in [3.05, 3.63) is 0 Å². The molecular formula is C13H19NO5. The van der Waals surface area contributed by atoms with E-state index in [1.807, 2.05) is 0 Å². The van der Waals surface area contributed by atoms with Gasteiger partial charge in [-0.1, -0.05) is 6.42 Å². The zero-order valence-corrected chi connectivity index (χ0v) is 11.6. The quantitative estimate of drug-likeness (QED) is 0.555. The van der Waals surface area contributed by atoms with Crippen LogP contribution < -0.4 is 0 Å². The standard InChI is InChI=1S/C13H19NO5/c1-6-18-9-7-10(11(15)17-5)14(8-9)12(16)19-13(2,3)4/h1,9-10H,7-8H2,2-5H3/t9-,10+/m1/s1. The number of methoxy groups -OCH3 is 1. The molecule has 6 heteroatoms. The lowest BCUT2D eigenvalue weighted by Crippen LogP contribution is -2.44. The Kier molecular flexibility index (Phi) is 4.65. The van der Waals surface area contributed by atoms with E-state index in [1.165, 1.54) is 12.0 Å². The molecule has 0 bridgehead atoms. The average molecular weight is 269 g/mol. The average Bonchev–Trinajstić information content (AvgIpc) is 2.70. The molecule has 1 aliphatic heterocycles. The highest BCUT2D eigenvalue weighted by molar-refractivity contribution is 5.82. The third-order valence-corrected chi connectivity index (χ3v) is 2.60. The van der Waals surface area contributed by atoms with Crippen molar-refractivity contribution in [2.45, 2.75) is 44.9 Å². The summed E-state index contributed by atoms with van der Waals surface area (Å²) in [5.41, 5.74) is -0.636. The second kappa shape index (κ2) is 5.83. The molecule has 6 nitrogen and oxygen atoms in total. The van der Waals surface area contributed by atoms with Gasteiger partial charge in [0.15, 0.2) is 0 Å². The largest absolute Gasteiger partial charge is 0.467 e. The smallest absolute Gasteiger partial charge is 0.411 e. The van der Waals surface area contributed by atoms with Gasteiger partial charge < -0.3 is 14.2 Å². The number of amides is 1. The van der Waals surface area contributed by atoms with Crippen LogP contribution in [0.3, 0.4) is 0 Å². The van der Waals surface area contributed by atoms with Gasteiger partial charge in [-0.3, -0.25) is 4.90 Å². The summed E-state index contributed by atoms with van der Waals surface area (Å²) in [7, 11) is 1.27. The molecule has 2 atom stereocenters. The minimum Gasteiger partial charge on any atom is -0.467 e. The van der Waals surface area contributed by atoms with Gasteiger partial charge in [-0.25, -0.2) is 9.59 Å². The van der Waals surface area contributed by atoms with Crippen LogP contribution >= 0.6 is 0 Å². The Bertz CT molecular complexity index is 393. The second-order valence-corrected chi connectivity index (χ2v) is 5.27. The van der Waals surface area contributed by atoms with E-state index in [4.69, 9.17) is 15.9 Å². The lowest BCUT2D eigenvalue weighted by atomic mass is 10.2. The van der Waals surface area contributed by atoms with Crippen LogP contribution in [-0.4, -0.2) is 48.4 Å². The second-order valence-electron chi connectivity index (χ2n) is 5.27. The topological polar surface area (TPSA) is 65.1 Å². The first-order valence-corrected chi connectivity index (χ1v) is 5.97. The highest BCUT2D eigenvalue weighted by Gasteiger charge is 2.43. The molecular weight excluding hydrogens is 250 g/mol. The number of ether oxygens (including phenoxy) is 3. The van der Waals surface area contributed by atoms with Gasteiger partial charge >= 0.3 is 12.1 Å². The minimum absolute atomic E-state index is 0.207. The summed E-state index contributed by atoms with van der Waals surface area (Å²) in [5.74, 6) is -0.506. The molecule has 1 aliphatic rings. The summed E-state index contributed by atoms with van der Waals surface area (Å²) in [5, 5.41) is 0. The van der Waals surface area contributed by atoms with E-state index in [2.05, 4.69) is 10.8 Å². The van der Waals surface area contributed by atoms with Gasteiger partial charge in [-0.15, -0.1) is 0 Å². The van der Waals surface area contributed by atoms with Gasteiger partial charge in [0.25, 0.3) is 0 Å². The van der Waals surface area contributed by atoms with Gasteiger partial charge in [-0.2, -0.15) is 0 Å². The van der Waals surface area contributed by atoms with Gasteiger partial charge in [0.05, 0.1) is 13.7 Å². The van der Waals surface area contributed by atoms with E-state index >= 15 is 0 Å². The molecule has 0 aromatic heterocycles. The van der Waals surface area contributed by atoms with Crippen LogP contribution in [0.2, 0.25) is 0 Å². The molecule has 1 amide bonds. The Balaban J connectivity index is 2.80. The van der Waals surface area contributed by atoms with Crippen LogP contribution in [0, 0.1) is 12.5 Å². The number of carbonyl (C=O) groups is 2. The molecule has 1 saturated heterocycles. The Hall–Kier alpha value is -1.90. The first-order valence-electron chi connectivity index (χ1n) is 5.97. The molecule has 106 valence electrons. The molecule has 0 radical (unpaired) electrons. The zero-order valence-electron chi connectivity index (χ0n) is 11.6. The zero-order chi connectivity index (χ0) is 14.6. The third kappa shape index (κ3) is 4.05. The third-order valence-electron chi connectivity index (χ3n) is 2.60. The number of likely N-dealkylation sites (tertiary alicyclic amines) is 1. The van der Waals surface area contributed by atoms with Gasteiger partial charge in [0, 0.05) is 6.42 Å². The Morgan fingerprint density at radius 2 is 2.00 bits per heavy atom. The number of terminal acetylenes is 1. The predicted octanol–water partition coefficient (Wildman–Crippen LogP) is 1.14. The van der Waals surface area contributed by atoms with Gasteiger partial charge in [-0.05, 0) is 20.8 Å². The van der Waals surface area contributed by atoms with Crippen molar-refractivity contribution in [1.82, 2.24) is 4.90 Å². The molecule has 1 fully saturated rings. The number of nitrogens with zero attached hydrogens (tertiary/aromatic N) is 1. The summed E-state index contributed by atoms with van der Waals surface area (Å²) < 4.78 is 14.9. The summed E-state index contributed by atoms with van der Waals surface area (Å²) in [4.78, 5) is 25.0. The molecule has 1 rings (SSSR count). The van der Waals surface area contributed by atoms with Crippen molar-refractivity contribution < 1.29 is 23.8 Å². The van der Waals surface area contributed by atoms with Crippen LogP contribution in [0.25, 0.3) is 0 Å². The molecule has 0 aromatic rings. The fourth-order valence-corrected chi connectivity index (χ4v) is 1.86. The lowest BCUT2D eigenvalue weighted by Gasteiger charge is -2.27.